The van der Waals surface area contributed by atoms with Crippen LogP contribution in [0.1, 0.15) is 84.8 Å². The van der Waals surface area contributed by atoms with Crippen LogP contribution in [0.2, 0.25) is 5.04 Å². The van der Waals surface area contributed by atoms with Gasteiger partial charge in [-0.3, -0.25) is 9.69 Å². The molecule has 8 heteroatoms. The fourth-order valence-electron chi connectivity index (χ4n) is 9.04. The third-order valence-corrected chi connectivity index (χ3v) is 16.9. The third-order valence-electron chi connectivity index (χ3n) is 11.8. The Morgan fingerprint density at radius 2 is 1.59 bits per heavy atom. The molecule has 3 aliphatic rings. The molecule has 3 fully saturated rings. The van der Waals surface area contributed by atoms with Crippen molar-refractivity contribution in [2.45, 2.75) is 109 Å². The minimum atomic E-state index is -2.66. The lowest BCUT2D eigenvalue weighted by molar-refractivity contribution is -0.156. The quantitative estimate of drug-likeness (QED) is 0.174. The number of likely N-dealkylation sites (tertiary alicyclic amines) is 1. The molecule has 0 spiro atoms. The number of pyridine rings is 1. The van der Waals surface area contributed by atoms with Gasteiger partial charge < -0.3 is 19.4 Å². The van der Waals surface area contributed by atoms with Crippen molar-refractivity contribution in [1.82, 2.24) is 9.88 Å². The maximum absolute atomic E-state index is 13.4. The highest BCUT2D eigenvalue weighted by atomic mass is 28.4. The van der Waals surface area contributed by atoms with Crippen molar-refractivity contribution >= 4 is 36.2 Å². The standard InChI is InChI=1S/C41H58N4O3Si/c1-31-14-13-28-45(31)33-23-29-44(30-33)38-20-19-37(32(2)43-38)42-27-26-41(39(46)47-6)24-21-34(22-25-41)48-49(40(3,4)5,35-15-9-7-10-16-35)36-17-11-8-12-18-36/h7-12,15-20,31,33-34,42H,13-14,21-30H2,1-6H3/t31-,33+,34?,41?/m0/s1. The van der Waals surface area contributed by atoms with E-state index in [9.17, 15) is 4.79 Å². The highest BCUT2D eigenvalue weighted by molar-refractivity contribution is 6.99. The van der Waals surface area contributed by atoms with Gasteiger partial charge in [-0.05, 0) is 99.3 Å². The first-order valence-corrected chi connectivity index (χ1v) is 20.6. The van der Waals surface area contributed by atoms with Crippen LogP contribution in [0.5, 0.6) is 0 Å². The van der Waals surface area contributed by atoms with Crippen LogP contribution in [-0.2, 0) is 14.0 Å². The molecule has 1 aromatic heterocycles. The van der Waals surface area contributed by atoms with Crippen molar-refractivity contribution in [3.8, 4) is 0 Å². The lowest BCUT2D eigenvalue weighted by Gasteiger charge is -2.47. The zero-order chi connectivity index (χ0) is 34.6. The van der Waals surface area contributed by atoms with Crippen molar-refractivity contribution < 1.29 is 14.0 Å². The fourth-order valence-corrected chi connectivity index (χ4v) is 13.8. The Morgan fingerprint density at radius 1 is 0.939 bits per heavy atom. The van der Waals surface area contributed by atoms with E-state index in [2.05, 4.69) is 123 Å². The van der Waals surface area contributed by atoms with E-state index >= 15 is 0 Å². The molecule has 2 saturated heterocycles. The molecular weight excluding hydrogens is 625 g/mol. The van der Waals surface area contributed by atoms with E-state index < -0.39 is 13.7 Å². The number of carbonyl (C=O) groups excluding carboxylic acids is 1. The van der Waals surface area contributed by atoms with Gasteiger partial charge in [0.2, 0.25) is 0 Å². The van der Waals surface area contributed by atoms with Crippen molar-refractivity contribution in [3.05, 3.63) is 78.5 Å². The van der Waals surface area contributed by atoms with Gasteiger partial charge in [0.1, 0.15) is 5.82 Å². The second kappa shape index (κ2) is 15.0. The van der Waals surface area contributed by atoms with Gasteiger partial charge in [0.15, 0.2) is 0 Å². The number of hydrogen-bond acceptors (Lipinski definition) is 7. The van der Waals surface area contributed by atoms with Gasteiger partial charge in [0, 0.05) is 37.8 Å². The molecule has 3 aromatic rings. The van der Waals surface area contributed by atoms with E-state index in [0.717, 1.165) is 56.0 Å². The number of rotatable bonds is 11. The molecule has 2 atom stereocenters. The average Bonchev–Trinajstić information content (AvgIpc) is 3.77. The number of benzene rings is 2. The van der Waals surface area contributed by atoms with Gasteiger partial charge in [-0.15, -0.1) is 0 Å². The van der Waals surface area contributed by atoms with Gasteiger partial charge in [-0.2, -0.15) is 0 Å². The number of aromatic nitrogens is 1. The summed E-state index contributed by atoms with van der Waals surface area (Å²) in [6.45, 7) is 15.5. The van der Waals surface area contributed by atoms with Gasteiger partial charge in [0.25, 0.3) is 8.32 Å². The summed E-state index contributed by atoms with van der Waals surface area (Å²) in [5.41, 5.74) is 1.52. The Morgan fingerprint density at radius 3 is 2.14 bits per heavy atom. The largest absolute Gasteiger partial charge is 0.469 e. The maximum Gasteiger partial charge on any atom is 0.311 e. The number of methoxy groups -OCH3 is 1. The fraction of sp³-hybridized carbons (Fsp3) is 0.561. The van der Waals surface area contributed by atoms with Crippen LogP contribution in [0.25, 0.3) is 0 Å². The molecule has 6 rings (SSSR count). The van der Waals surface area contributed by atoms with E-state index in [1.54, 1.807) is 0 Å². The molecule has 0 bridgehead atoms. The molecule has 7 nitrogen and oxygen atoms in total. The van der Waals surface area contributed by atoms with Crippen LogP contribution in [0.15, 0.2) is 72.8 Å². The molecule has 1 aliphatic carbocycles. The molecule has 0 amide bonds. The Kier molecular flexibility index (Phi) is 10.9. The maximum atomic E-state index is 13.4. The molecule has 264 valence electrons. The molecule has 2 aliphatic heterocycles. The summed E-state index contributed by atoms with van der Waals surface area (Å²) < 4.78 is 12.9. The van der Waals surface area contributed by atoms with Gasteiger partial charge >= 0.3 is 5.97 Å². The summed E-state index contributed by atoms with van der Waals surface area (Å²) in [5.74, 6) is 0.974. The van der Waals surface area contributed by atoms with Crippen molar-refractivity contribution in [2.75, 3.05) is 43.5 Å². The first-order valence-electron chi connectivity index (χ1n) is 18.7. The molecule has 3 heterocycles. The van der Waals surface area contributed by atoms with Crippen LogP contribution in [-0.4, -0.2) is 75.6 Å². The molecule has 0 radical (unpaired) electrons. The molecule has 1 saturated carbocycles. The van der Waals surface area contributed by atoms with Gasteiger partial charge in [-0.1, -0.05) is 81.4 Å². The summed E-state index contributed by atoms with van der Waals surface area (Å²) in [6.07, 6.45) is 7.83. The normalized spacial score (nSPS) is 25.0. The van der Waals surface area contributed by atoms with E-state index in [1.165, 1.54) is 43.3 Å². The average molecular weight is 683 g/mol. The van der Waals surface area contributed by atoms with Crippen molar-refractivity contribution in [2.24, 2.45) is 5.41 Å². The number of hydrogen-bond donors (Lipinski definition) is 1. The first kappa shape index (κ1) is 35.6. The third kappa shape index (κ3) is 7.33. The smallest absolute Gasteiger partial charge is 0.311 e. The second-order valence-electron chi connectivity index (χ2n) is 15.8. The van der Waals surface area contributed by atoms with Crippen molar-refractivity contribution in [3.63, 3.8) is 0 Å². The van der Waals surface area contributed by atoms with E-state index in [4.69, 9.17) is 14.1 Å². The highest BCUT2D eigenvalue weighted by Gasteiger charge is 2.53. The molecule has 2 aromatic carbocycles. The highest BCUT2D eigenvalue weighted by Crippen LogP contribution is 2.45. The molecular formula is C41H58N4O3Si. The zero-order valence-corrected chi connectivity index (χ0v) is 31.7. The van der Waals surface area contributed by atoms with Crippen LogP contribution in [0, 0.1) is 12.3 Å². The van der Waals surface area contributed by atoms with Crippen LogP contribution >= 0.6 is 0 Å². The number of esters is 1. The molecule has 49 heavy (non-hydrogen) atoms. The number of nitrogens with one attached hydrogen (secondary N) is 1. The van der Waals surface area contributed by atoms with E-state index in [0.29, 0.717) is 25.0 Å². The molecule has 1 N–H and O–H groups in total. The number of nitrogens with zero attached hydrogens (tertiary/aromatic N) is 3. The number of carbonyl (C=O) groups is 1. The summed E-state index contributed by atoms with van der Waals surface area (Å²) in [4.78, 5) is 23.6. The zero-order valence-electron chi connectivity index (χ0n) is 30.7. The summed E-state index contributed by atoms with van der Waals surface area (Å²) in [5, 5.41) is 6.14. The lowest BCUT2D eigenvalue weighted by Crippen LogP contribution is -2.68. The Balaban J connectivity index is 1.10. The summed E-state index contributed by atoms with van der Waals surface area (Å²) in [7, 11) is -1.13. The lowest BCUT2D eigenvalue weighted by atomic mass is 9.71. The van der Waals surface area contributed by atoms with Crippen LogP contribution in [0.3, 0.4) is 0 Å². The predicted octanol–water partition coefficient (Wildman–Crippen LogP) is 6.93. The number of ether oxygens (including phenoxy) is 1. The Bertz CT molecular complexity index is 1500. The van der Waals surface area contributed by atoms with Crippen LogP contribution in [0.4, 0.5) is 11.5 Å². The predicted molar refractivity (Wildman–Crippen MR) is 204 cm³/mol. The topological polar surface area (TPSA) is 66.9 Å². The first-order chi connectivity index (χ1) is 23.6. The summed E-state index contributed by atoms with van der Waals surface area (Å²) >= 11 is 0. The van der Waals surface area contributed by atoms with E-state index in [1.807, 2.05) is 0 Å². The van der Waals surface area contributed by atoms with Crippen LogP contribution < -0.4 is 20.6 Å². The summed E-state index contributed by atoms with van der Waals surface area (Å²) in [6, 6.07) is 27.4. The van der Waals surface area contributed by atoms with Gasteiger partial charge in [0.05, 0.1) is 23.9 Å². The monoisotopic (exact) mass is 682 g/mol. The Labute approximate surface area is 295 Å². The minimum absolute atomic E-state index is 0.0786. The van der Waals surface area contributed by atoms with E-state index in [-0.39, 0.29) is 17.1 Å². The second-order valence-corrected chi connectivity index (χ2v) is 20.1. The minimum Gasteiger partial charge on any atom is -0.469 e. The number of anilines is 2. The number of aryl methyl sites for hydroxylation is 1. The SMILES string of the molecule is COC(=O)C1(CCNc2ccc(N3CC[C@@H](N4CCC[C@@H]4C)C3)nc2C)CCC(O[Si](c2ccccc2)(c2ccccc2)C(C)(C)C)CC1. The Hall–Kier alpha value is -3.20. The van der Waals surface area contributed by atoms with Crippen molar-refractivity contribution in [1.29, 1.82) is 0 Å². The van der Waals surface area contributed by atoms with Gasteiger partial charge in [-0.25, -0.2) is 4.98 Å². The molecule has 0 unspecified atom stereocenters.